The van der Waals surface area contributed by atoms with Crippen LogP contribution >= 0.6 is 0 Å². The molecule has 0 bridgehead atoms. The summed E-state index contributed by atoms with van der Waals surface area (Å²) in [6.45, 7) is 2.04. The van der Waals surface area contributed by atoms with E-state index in [4.69, 9.17) is 0 Å². The first-order valence-corrected chi connectivity index (χ1v) is 3.87. The number of hydrogen-bond donors (Lipinski definition) is 0. The molecule has 0 saturated heterocycles. The van der Waals surface area contributed by atoms with Gasteiger partial charge < -0.3 is 4.74 Å². The number of rotatable bonds is 3. The van der Waals surface area contributed by atoms with Crippen LogP contribution in [0.1, 0.15) is 26.2 Å². The minimum absolute atomic E-state index is 0.0231. The zero-order chi connectivity index (χ0) is 7.56. The summed E-state index contributed by atoms with van der Waals surface area (Å²) < 4.78 is 4.67. The van der Waals surface area contributed by atoms with Crippen molar-refractivity contribution >= 4 is 5.97 Å². The van der Waals surface area contributed by atoms with Gasteiger partial charge in [-0.3, -0.25) is 4.79 Å². The average Bonchev–Trinajstić information content (AvgIpc) is 2.73. The Morgan fingerprint density at radius 1 is 1.70 bits per heavy atom. The van der Waals surface area contributed by atoms with E-state index in [9.17, 15) is 4.79 Å². The van der Waals surface area contributed by atoms with Crippen molar-refractivity contribution in [3.05, 3.63) is 0 Å². The third-order valence-corrected chi connectivity index (χ3v) is 2.13. The number of ether oxygens (including phenoxy) is 1. The Morgan fingerprint density at radius 3 is 2.60 bits per heavy atom. The molecule has 0 aromatic rings. The van der Waals surface area contributed by atoms with E-state index in [0.717, 1.165) is 6.42 Å². The number of carbonyl (C=O) groups excluding carboxylic acids is 1. The van der Waals surface area contributed by atoms with Gasteiger partial charge in [0.05, 0.1) is 13.0 Å². The van der Waals surface area contributed by atoms with Crippen molar-refractivity contribution in [3.63, 3.8) is 0 Å². The first-order valence-electron chi connectivity index (χ1n) is 3.87. The summed E-state index contributed by atoms with van der Waals surface area (Å²) in [6.07, 6.45) is 3.36. The average molecular weight is 142 g/mol. The number of esters is 1. The summed E-state index contributed by atoms with van der Waals surface area (Å²) in [7, 11) is 1.47. The van der Waals surface area contributed by atoms with Gasteiger partial charge in [0.15, 0.2) is 0 Å². The van der Waals surface area contributed by atoms with E-state index < -0.39 is 0 Å². The molecule has 1 saturated carbocycles. The van der Waals surface area contributed by atoms with Gasteiger partial charge in [-0.2, -0.15) is 0 Å². The van der Waals surface area contributed by atoms with Crippen LogP contribution < -0.4 is 0 Å². The molecule has 0 heterocycles. The molecule has 0 amide bonds. The SMILES string of the molecule is CCC(C(=O)OC)C1CC1. The Morgan fingerprint density at radius 2 is 2.30 bits per heavy atom. The molecule has 0 aliphatic heterocycles. The summed E-state index contributed by atoms with van der Waals surface area (Å²) >= 11 is 0. The van der Waals surface area contributed by atoms with E-state index in [-0.39, 0.29) is 11.9 Å². The maximum Gasteiger partial charge on any atom is 0.308 e. The lowest BCUT2D eigenvalue weighted by atomic mass is 10.0. The molecule has 58 valence electrons. The first-order chi connectivity index (χ1) is 4.79. The monoisotopic (exact) mass is 142 g/mol. The highest BCUT2D eigenvalue weighted by atomic mass is 16.5. The quantitative estimate of drug-likeness (QED) is 0.559. The second-order valence-electron chi connectivity index (χ2n) is 2.88. The molecule has 2 nitrogen and oxygen atoms in total. The van der Waals surface area contributed by atoms with Crippen LogP contribution in [0.25, 0.3) is 0 Å². The molecule has 0 aromatic heterocycles. The third-order valence-electron chi connectivity index (χ3n) is 2.13. The van der Waals surface area contributed by atoms with Crippen LogP contribution in [0.3, 0.4) is 0 Å². The van der Waals surface area contributed by atoms with Crippen LogP contribution in [0.5, 0.6) is 0 Å². The zero-order valence-electron chi connectivity index (χ0n) is 6.59. The van der Waals surface area contributed by atoms with Gasteiger partial charge in [-0.25, -0.2) is 0 Å². The lowest BCUT2D eigenvalue weighted by Gasteiger charge is -2.09. The second-order valence-corrected chi connectivity index (χ2v) is 2.88. The van der Waals surface area contributed by atoms with Gasteiger partial charge in [-0.05, 0) is 25.2 Å². The van der Waals surface area contributed by atoms with Crippen molar-refractivity contribution in [1.82, 2.24) is 0 Å². The van der Waals surface area contributed by atoms with Gasteiger partial charge in [0.2, 0.25) is 0 Å². The molecule has 2 heteroatoms. The van der Waals surface area contributed by atoms with Gasteiger partial charge in [-0.1, -0.05) is 6.92 Å². The maximum atomic E-state index is 11.0. The van der Waals surface area contributed by atoms with Crippen molar-refractivity contribution in [1.29, 1.82) is 0 Å². The maximum absolute atomic E-state index is 11.0. The highest BCUT2D eigenvalue weighted by Gasteiger charge is 2.35. The second kappa shape index (κ2) is 3.04. The van der Waals surface area contributed by atoms with Gasteiger partial charge in [-0.15, -0.1) is 0 Å². The zero-order valence-corrected chi connectivity index (χ0v) is 6.59. The van der Waals surface area contributed by atoms with Crippen molar-refractivity contribution < 1.29 is 9.53 Å². The fourth-order valence-electron chi connectivity index (χ4n) is 1.34. The summed E-state index contributed by atoms with van der Waals surface area (Å²) in [5, 5.41) is 0. The molecule has 1 fully saturated rings. The van der Waals surface area contributed by atoms with Crippen LogP contribution in [-0.4, -0.2) is 13.1 Å². The van der Waals surface area contributed by atoms with E-state index in [1.54, 1.807) is 0 Å². The van der Waals surface area contributed by atoms with Crippen LogP contribution in [0.15, 0.2) is 0 Å². The normalized spacial score (nSPS) is 20.2. The lowest BCUT2D eigenvalue weighted by Crippen LogP contribution is -2.16. The molecule has 0 spiro atoms. The number of methoxy groups -OCH3 is 1. The molecular weight excluding hydrogens is 128 g/mol. The van der Waals surface area contributed by atoms with Crippen molar-refractivity contribution in [2.45, 2.75) is 26.2 Å². The molecule has 0 N–H and O–H groups in total. The highest BCUT2D eigenvalue weighted by molar-refractivity contribution is 5.72. The van der Waals surface area contributed by atoms with Crippen LogP contribution in [-0.2, 0) is 9.53 Å². The van der Waals surface area contributed by atoms with E-state index in [1.807, 2.05) is 6.92 Å². The highest BCUT2D eigenvalue weighted by Crippen LogP contribution is 2.38. The topological polar surface area (TPSA) is 26.3 Å². The molecule has 10 heavy (non-hydrogen) atoms. The first kappa shape index (κ1) is 7.58. The van der Waals surface area contributed by atoms with Crippen LogP contribution in [0.4, 0.5) is 0 Å². The standard InChI is InChI=1S/C8H14O2/c1-3-7(6-4-5-6)8(9)10-2/h6-7H,3-5H2,1-2H3. The minimum Gasteiger partial charge on any atom is -0.469 e. The Balaban J connectivity index is 2.38. The Kier molecular flexibility index (Phi) is 2.30. The predicted octanol–water partition coefficient (Wildman–Crippen LogP) is 1.60. The molecule has 1 atom stereocenters. The van der Waals surface area contributed by atoms with Crippen LogP contribution in [0.2, 0.25) is 0 Å². The molecule has 1 aliphatic carbocycles. The Hall–Kier alpha value is -0.530. The molecule has 0 aromatic carbocycles. The van der Waals surface area contributed by atoms with Crippen molar-refractivity contribution in [2.24, 2.45) is 11.8 Å². The summed E-state index contributed by atoms with van der Waals surface area (Å²) in [4.78, 5) is 11.0. The third kappa shape index (κ3) is 1.49. The summed E-state index contributed by atoms with van der Waals surface area (Å²) in [5.41, 5.74) is 0. The molecule has 0 radical (unpaired) electrons. The van der Waals surface area contributed by atoms with Gasteiger partial charge in [0.25, 0.3) is 0 Å². The van der Waals surface area contributed by atoms with Gasteiger partial charge >= 0.3 is 5.97 Å². The lowest BCUT2D eigenvalue weighted by molar-refractivity contribution is -0.146. The molecule has 1 unspecified atom stereocenters. The fraction of sp³-hybridized carbons (Fsp3) is 0.875. The smallest absolute Gasteiger partial charge is 0.308 e. The summed E-state index contributed by atoms with van der Waals surface area (Å²) in [5.74, 6) is 0.799. The Labute approximate surface area is 61.6 Å². The van der Waals surface area contributed by atoms with Gasteiger partial charge in [0, 0.05) is 0 Å². The van der Waals surface area contributed by atoms with Crippen LogP contribution in [0, 0.1) is 11.8 Å². The molecular formula is C8H14O2. The molecule has 1 rings (SSSR count). The van der Waals surface area contributed by atoms with E-state index >= 15 is 0 Å². The minimum atomic E-state index is -0.0231. The van der Waals surface area contributed by atoms with Crippen molar-refractivity contribution in [3.8, 4) is 0 Å². The number of carbonyl (C=O) groups is 1. The number of hydrogen-bond acceptors (Lipinski definition) is 2. The summed E-state index contributed by atoms with van der Waals surface area (Å²) in [6, 6.07) is 0. The largest absolute Gasteiger partial charge is 0.469 e. The van der Waals surface area contributed by atoms with E-state index in [1.165, 1.54) is 20.0 Å². The molecule has 1 aliphatic rings. The fourth-order valence-corrected chi connectivity index (χ4v) is 1.34. The van der Waals surface area contributed by atoms with E-state index in [0.29, 0.717) is 5.92 Å². The Bertz CT molecular complexity index is 127. The van der Waals surface area contributed by atoms with Crippen molar-refractivity contribution in [2.75, 3.05) is 7.11 Å². The van der Waals surface area contributed by atoms with E-state index in [2.05, 4.69) is 4.74 Å². The van der Waals surface area contributed by atoms with Gasteiger partial charge in [0.1, 0.15) is 0 Å². The predicted molar refractivity (Wildman–Crippen MR) is 38.5 cm³/mol.